The monoisotopic (exact) mass is 302 g/mol. The van der Waals surface area contributed by atoms with Gasteiger partial charge in [0.1, 0.15) is 11.8 Å². The molecule has 2 saturated heterocycles. The number of H-pyrrole nitrogens is 1. The third-order valence-electron chi connectivity index (χ3n) is 4.34. The van der Waals surface area contributed by atoms with Crippen LogP contribution in [0, 0.1) is 11.3 Å². The summed E-state index contributed by atoms with van der Waals surface area (Å²) in [7, 11) is 0. The zero-order valence-electron chi connectivity index (χ0n) is 12.8. The first-order chi connectivity index (χ1) is 10.8. The molecule has 2 aliphatic heterocycles. The summed E-state index contributed by atoms with van der Waals surface area (Å²) in [6.07, 6.45) is 5.02. The highest BCUT2D eigenvalue weighted by molar-refractivity contribution is 5.92. The standard InChI is InChI=1S/C16H22N4O2/c17-9-13-8-15(18-10-13)16(21)20-6-3-7-22-14(12-20)11-19-4-1-2-5-19/h8,10,14,18H,1-7,11-12H2/t14-/m1/s1. The Morgan fingerprint density at radius 2 is 2.18 bits per heavy atom. The Labute approximate surface area is 130 Å². The molecule has 0 radical (unpaired) electrons. The van der Waals surface area contributed by atoms with Gasteiger partial charge in [0.25, 0.3) is 5.91 Å². The molecule has 2 aliphatic rings. The van der Waals surface area contributed by atoms with E-state index in [-0.39, 0.29) is 12.0 Å². The lowest BCUT2D eigenvalue weighted by atomic mass is 10.2. The summed E-state index contributed by atoms with van der Waals surface area (Å²) in [5, 5.41) is 8.87. The van der Waals surface area contributed by atoms with Crippen LogP contribution in [0.3, 0.4) is 0 Å². The van der Waals surface area contributed by atoms with Crippen LogP contribution in [0.25, 0.3) is 0 Å². The molecule has 0 aromatic carbocycles. The first-order valence-electron chi connectivity index (χ1n) is 7.98. The molecule has 1 aromatic heterocycles. The Kier molecular flexibility index (Phi) is 4.76. The molecule has 0 spiro atoms. The highest BCUT2D eigenvalue weighted by Crippen LogP contribution is 2.14. The summed E-state index contributed by atoms with van der Waals surface area (Å²) in [5.74, 6) is -0.0431. The van der Waals surface area contributed by atoms with Crippen LogP contribution < -0.4 is 0 Å². The molecule has 6 nitrogen and oxygen atoms in total. The van der Waals surface area contributed by atoms with E-state index in [0.717, 1.165) is 26.1 Å². The summed E-state index contributed by atoms with van der Waals surface area (Å²) in [6.45, 7) is 5.20. The minimum absolute atomic E-state index is 0.0431. The molecular weight excluding hydrogens is 280 g/mol. The van der Waals surface area contributed by atoms with Crippen molar-refractivity contribution in [1.82, 2.24) is 14.8 Å². The van der Waals surface area contributed by atoms with Gasteiger partial charge in [-0.25, -0.2) is 0 Å². The minimum atomic E-state index is -0.0431. The fourth-order valence-electron chi connectivity index (χ4n) is 3.20. The van der Waals surface area contributed by atoms with Crippen LogP contribution >= 0.6 is 0 Å². The van der Waals surface area contributed by atoms with Crippen molar-refractivity contribution in [1.29, 1.82) is 5.26 Å². The van der Waals surface area contributed by atoms with Crippen LogP contribution in [0.5, 0.6) is 0 Å². The van der Waals surface area contributed by atoms with Gasteiger partial charge in [0, 0.05) is 32.4 Å². The number of aromatic amines is 1. The number of nitrogens with zero attached hydrogens (tertiary/aromatic N) is 3. The number of amides is 1. The van der Waals surface area contributed by atoms with Gasteiger partial charge >= 0.3 is 0 Å². The highest BCUT2D eigenvalue weighted by Gasteiger charge is 2.26. The molecule has 0 unspecified atom stereocenters. The fraction of sp³-hybridized carbons (Fsp3) is 0.625. The van der Waals surface area contributed by atoms with E-state index < -0.39 is 0 Å². The number of likely N-dealkylation sites (tertiary alicyclic amines) is 1. The Morgan fingerprint density at radius 3 is 2.91 bits per heavy atom. The predicted octanol–water partition coefficient (Wildman–Crippen LogP) is 1.21. The number of rotatable bonds is 3. The first kappa shape index (κ1) is 15.1. The fourth-order valence-corrected chi connectivity index (χ4v) is 3.20. The van der Waals surface area contributed by atoms with Crippen molar-refractivity contribution in [3.8, 4) is 6.07 Å². The lowest BCUT2D eigenvalue weighted by Gasteiger charge is -2.26. The molecule has 1 atom stereocenters. The van der Waals surface area contributed by atoms with E-state index in [4.69, 9.17) is 10.00 Å². The number of carbonyl (C=O) groups is 1. The first-order valence-corrected chi connectivity index (χ1v) is 7.98. The van der Waals surface area contributed by atoms with E-state index in [0.29, 0.717) is 31.0 Å². The second-order valence-electron chi connectivity index (χ2n) is 6.02. The van der Waals surface area contributed by atoms with Crippen molar-refractivity contribution >= 4 is 5.91 Å². The van der Waals surface area contributed by atoms with E-state index in [2.05, 4.69) is 9.88 Å². The van der Waals surface area contributed by atoms with Gasteiger partial charge in [-0.05, 0) is 38.4 Å². The maximum Gasteiger partial charge on any atom is 0.270 e. The summed E-state index contributed by atoms with van der Waals surface area (Å²) < 4.78 is 5.91. The average Bonchev–Trinajstić information content (AvgIpc) is 3.15. The predicted molar refractivity (Wildman–Crippen MR) is 81.4 cm³/mol. The molecule has 22 heavy (non-hydrogen) atoms. The molecule has 6 heteroatoms. The second-order valence-corrected chi connectivity index (χ2v) is 6.02. The van der Waals surface area contributed by atoms with Gasteiger partial charge in [0.05, 0.1) is 11.7 Å². The Bertz CT molecular complexity index is 557. The van der Waals surface area contributed by atoms with Gasteiger partial charge in [-0.15, -0.1) is 0 Å². The van der Waals surface area contributed by atoms with Crippen LogP contribution in [-0.4, -0.2) is 66.1 Å². The number of nitrogens with one attached hydrogen (secondary N) is 1. The molecule has 1 amide bonds. The third-order valence-corrected chi connectivity index (χ3v) is 4.34. The molecule has 1 aromatic rings. The number of aromatic nitrogens is 1. The third kappa shape index (κ3) is 3.49. The number of nitriles is 1. The summed E-state index contributed by atoms with van der Waals surface area (Å²) in [4.78, 5) is 19.7. The summed E-state index contributed by atoms with van der Waals surface area (Å²) in [5.41, 5.74) is 0.974. The molecule has 0 aliphatic carbocycles. The number of hydrogen-bond donors (Lipinski definition) is 1. The number of hydrogen-bond acceptors (Lipinski definition) is 4. The Morgan fingerprint density at radius 1 is 1.36 bits per heavy atom. The largest absolute Gasteiger partial charge is 0.375 e. The number of ether oxygens (including phenoxy) is 1. The second kappa shape index (κ2) is 6.95. The van der Waals surface area contributed by atoms with Crippen LogP contribution in [0.15, 0.2) is 12.3 Å². The Hall–Kier alpha value is -1.84. The van der Waals surface area contributed by atoms with Crippen molar-refractivity contribution < 1.29 is 9.53 Å². The highest BCUT2D eigenvalue weighted by atomic mass is 16.5. The van der Waals surface area contributed by atoms with Crippen molar-refractivity contribution in [2.45, 2.75) is 25.4 Å². The normalized spacial score (nSPS) is 23.2. The lowest BCUT2D eigenvalue weighted by molar-refractivity contribution is 0.0296. The van der Waals surface area contributed by atoms with E-state index in [1.807, 2.05) is 11.0 Å². The van der Waals surface area contributed by atoms with E-state index in [1.54, 1.807) is 12.3 Å². The minimum Gasteiger partial charge on any atom is -0.375 e. The number of carbonyl (C=O) groups excluding carboxylic acids is 1. The zero-order chi connectivity index (χ0) is 15.4. The van der Waals surface area contributed by atoms with Gasteiger partial charge in [-0.1, -0.05) is 0 Å². The molecule has 3 heterocycles. The van der Waals surface area contributed by atoms with Crippen molar-refractivity contribution in [3.05, 3.63) is 23.5 Å². The molecule has 3 rings (SSSR count). The van der Waals surface area contributed by atoms with Crippen molar-refractivity contribution in [2.24, 2.45) is 0 Å². The maximum atomic E-state index is 12.6. The SMILES string of the molecule is N#Cc1c[nH]c(C(=O)N2CCCO[C@H](CN3CCCC3)C2)c1. The van der Waals surface area contributed by atoms with Gasteiger partial charge in [-0.3, -0.25) is 4.79 Å². The van der Waals surface area contributed by atoms with Crippen molar-refractivity contribution in [3.63, 3.8) is 0 Å². The van der Waals surface area contributed by atoms with E-state index in [1.165, 1.54) is 12.8 Å². The molecular formula is C16H22N4O2. The van der Waals surface area contributed by atoms with Crippen LogP contribution in [-0.2, 0) is 4.74 Å². The maximum absolute atomic E-state index is 12.6. The van der Waals surface area contributed by atoms with Crippen LogP contribution in [0.4, 0.5) is 0 Å². The van der Waals surface area contributed by atoms with E-state index >= 15 is 0 Å². The molecule has 1 N–H and O–H groups in total. The smallest absolute Gasteiger partial charge is 0.270 e. The lowest BCUT2D eigenvalue weighted by Crippen LogP contribution is -2.42. The van der Waals surface area contributed by atoms with Crippen LogP contribution in [0.2, 0.25) is 0 Å². The summed E-state index contributed by atoms with van der Waals surface area (Å²) >= 11 is 0. The van der Waals surface area contributed by atoms with Crippen molar-refractivity contribution in [2.75, 3.05) is 39.3 Å². The quantitative estimate of drug-likeness (QED) is 0.911. The average molecular weight is 302 g/mol. The van der Waals surface area contributed by atoms with Crippen LogP contribution in [0.1, 0.15) is 35.3 Å². The van der Waals surface area contributed by atoms with Gasteiger partial charge in [-0.2, -0.15) is 5.26 Å². The van der Waals surface area contributed by atoms with E-state index in [9.17, 15) is 4.79 Å². The molecule has 2 fully saturated rings. The van der Waals surface area contributed by atoms with Gasteiger partial charge in [0.2, 0.25) is 0 Å². The van der Waals surface area contributed by atoms with Gasteiger partial charge < -0.3 is 19.5 Å². The molecule has 0 bridgehead atoms. The van der Waals surface area contributed by atoms with Gasteiger partial charge in [0.15, 0.2) is 0 Å². The Balaban J connectivity index is 1.63. The zero-order valence-corrected chi connectivity index (χ0v) is 12.8. The topological polar surface area (TPSA) is 72.4 Å². The molecule has 0 saturated carbocycles. The summed E-state index contributed by atoms with van der Waals surface area (Å²) in [6, 6.07) is 3.66. The molecule has 118 valence electrons.